The van der Waals surface area contributed by atoms with Crippen LogP contribution in [0.25, 0.3) is 11.3 Å². The number of fused-ring (bicyclic) bond motifs is 1. The molecule has 1 saturated heterocycles. The molecule has 2 aliphatic heterocycles. The van der Waals surface area contributed by atoms with E-state index in [0.29, 0.717) is 12.6 Å². The molecule has 2 aromatic rings. The third kappa shape index (κ3) is 3.86. The number of pyridine rings is 2. The van der Waals surface area contributed by atoms with Crippen LogP contribution >= 0.6 is 0 Å². The van der Waals surface area contributed by atoms with Crippen LogP contribution in [-0.2, 0) is 16.3 Å². The smallest absolute Gasteiger partial charge is 0.430 e. The summed E-state index contributed by atoms with van der Waals surface area (Å²) in [7, 11) is 0. The average molecular weight is 462 g/mol. The van der Waals surface area contributed by atoms with Gasteiger partial charge in [-0.05, 0) is 31.2 Å². The van der Waals surface area contributed by atoms with Gasteiger partial charge < -0.3 is 15.2 Å². The van der Waals surface area contributed by atoms with E-state index in [1.165, 1.54) is 0 Å². The first-order valence-electron chi connectivity index (χ1n) is 9.39. The van der Waals surface area contributed by atoms with E-state index in [1.54, 1.807) is 0 Å². The minimum Gasteiger partial charge on any atom is -0.431 e. The highest BCUT2D eigenvalue weighted by Gasteiger charge is 2.49. The van der Waals surface area contributed by atoms with Crippen molar-refractivity contribution in [2.24, 2.45) is 0 Å². The third-order valence-corrected chi connectivity index (χ3v) is 5.51. The van der Waals surface area contributed by atoms with Gasteiger partial charge in [0.1, 0.15) is 5.82 Å². The number of nitrogens with zero attached hydrogens (tertiary/aromatic N) is 2. The van der Waals surface area contributed by atoms with E-state index in [-0.39, 0.29) is 24.2 Å². The molecule has 2 aliphatic rings. The van der Waals surface area contributed by atoms with Crippen molar-refractivity contribution >= 4 is 11.9 Å². The molecule has 1 amide bonds. The van der Waals surface area contributed by atoms with Crippen molar-refractivity contribution in [2.75, 3.05) is 25.0 Å². The Labute approximate surface area is 176 Å². The minimum atomic E-state index is -5.05. The highest BCUT2D eigenvalue weighted by molar-refractivity contribution is 5.89. The minimum absolute atomic E-state index is 0.107. The Morgan fingerprint density at radius 2 is 1.97 bits per heavy atom. The van der Waals surface area contributed by atoms with Gasteiger partial charge in [0.05, 0.1) is 29.1 Å². The summed E-state index contributed by atoms with van der Waals surface area (Å²) in [6, 6.07) is 2.49. The van der Waals surface area contributed by atoms with Crippen LogP contribution in [0.2, 0.25) is 0 Å². The number of carbonyl (C=O) groups excluding carboxylic acids is 1. The van der Waals surface area contributed by atoms with Crippen LogP contribution in [-0.4, -0.2) is 47.0 Å². The van der Waals surface area contributed by atoms with Crippen molar-refractivity contribution in [1.82, 2.24) is 15.3 Å². The topological polar surface area (TPSA) is 96.4 Å². The van der Waals surface area contributed by atoms with E-state index in [4.69, 9.17) is 0 Å². The standard InChI is InChI=1S/C19H16F6N4O3/c20-18(21,22)9-5-11(28-12(6-9)17(8-30)2-4-26-7-17)10-1-3-27-15-13(10)14(19(23,24)25)32-16(31)29-15/h1,3,5-6,14,26,30H,2,4,7-8H2,(H,27,29,31)/t14-,17?/m1/s1. The average Bonchev–Trinajstić information content (AvgIpc) is 3.21. The number of aliphatic hydroxyl groups is 1. The van der Waals surface area contributed by atoms with Gasteiger partial charge in [0.25, 0.3) is 0 Å². The fourth-order valence-corrected chi connectivity index (χ4v) is 3.87. The Balaban J connectivity index is 1.96. The second kappa shape index (κ2) is 7.59. The van der Waals surface area contributed by atoms with Gasteiger partial charge in [0.15, 0.2) is 0 Å². The molecule has 172 valence electrons. The van der Waals surface area contributed by atoms with Crippen LogP contribution in [0.5, 0.6) is 0 Å². The lowest BCUT2D eigenvalue weighted by atomic mass is 9.83. The monoisotopic (exact) mass is 462 g/mol. The number of nitrogens with one attached hydrogen (secondary N) is 2. The van der Waals surface area contributed by atoms with Crippen LogP contribution in [0.4, 0.5) is 37.0 Å². The molecule has 0 aliphatic carbocycles. The Hall–Kier alpha value is -2.93. The van der Waals surface area contributed by atoms with Crippen molar-refractivity contribution in [1.29, 1.82) is 0 Å². The maximum absolute atomic E-state index is 13.7. The number of hydrogen-bond acceptors (Lipinski definition) is 6. The summed E-state index contributed by atoms with van der Waals surface area (Å²) in [5.74, 6) is -0.485. The molecule has 3 N–H and O–H groups in total. The molecule has 0 spiro atoms. The Bertz CT molecular complexity index is 1050. The Kier molecular flexibility index (Phi) is 5.28. The number of halogens is 6. The van der Waals surface area contributed by atoms with E-state index in [0.717, 1.165) is 18.3 Å². The molecule has 1 unspecified atom stereocenters. The van der Waals surface area contributed by atoms with Gasteiger partial charge in [0.2, 0.25) is 6.10 Å². The summed E-state index contributed by atoms with van der Waals surface area (Å²) in [5.41, 5.74) is -3.76. The lowest BCUT2D eigenvalue weighted by Gasteiger charge is -2.30. The molecule has 2 aromatic heterocycles. The number of amides is 1. The first kappa shape index (κ1) is 22.3. The van der Waals surface area contributed by atoms with E-state index in [9.17, 15) is 36.2 Å². The van der Waals surface area contributed by atoms with Gasteiger partial charge in [-0.15, -0.1) is 0 Å². The first-order valence-corrected chi connectivity index (χ1v) is 9.39. The van der Waals surface area contributed by atoms with Crippen LogP contribution in [0.3, 0.4) is 0 Å². The highest BCUT2D eigenvalue weighted by Crippen LogP contribution is 2.46. The molecular formula is C19H16F6N4O3. The molecular weight excluding hydrogens is 446 g/mol. The number of hydrogen-bond donors (Lipinski definition) is 3. The number of alkyl halides is 6. The summed E-state index contributed by atoms with van der Waals surface area (Å²) in [6.45, 7) is 0.0666. The SMILES string of the molecule is O=C1Nc2nccc(-c3cc(C(F)(F)F)cc(C4(CO)CCNC4)n3)c2[C@H](C(F)(F)F)O1. The Morgan fingerprint density at radius 3 is 2.56 bits per heavy atom. The van der Waals surface area contributed by atoms with Crippen LogP contribution in [0, 0.1) is 0 Å². The molecule has 2 atom stereocenters. The molecule has 13 heteroatoms. The second-order valence-corrected chi connectivity index (χ2v) is 7.56. The van der Waals surface area contributed by atoms with Crippen LogP contribution < -0.4 is 10.6 Å². The maximum atomic E-state index is 13.7. The molecule has 0 radical (unpaired) electrons. The number of cyclic esters (lactones) is 1. The van der Waals surface area contributed by atoms with E-state index in [1.807, 2.05) is 5.32 Å². The summed E-state index contributed by atoms with van der Waals surface area (Å²) in [5, 5.41) is 14.9. The third-order valence-electron chi connectivity index (χ3n) is 5.51. The first-order chi connectivity index (χ1) is 14.9. The predicted octanol–water partition coefficient (Wildman–Crippen LogP) is 3.55. The van der Waals surface area contributed by atoms with Crippen molar-refractivity contribution < 1.29 is 41.0 Å². The van der Waals surface area contributed by atoms with E-state index in [2.05, 4.69) is 20.0 Å². The number of ether oxygens (including phenoxy) is 1. The van der Waals surface area contributed by atoms with Gasteiger partial charge in [-0.1, -0.05) is 0 Å². The molecule has 0 aromatic carbocycles. The molecule has 32 heavy (non-hydrogen) atoms. The summed E-state index contributed by atoms with van der Waals surface area (Å²) >= 11 is 0. The van der Waals surface area contributed by atoms with Crippen molar-refractivity contribution in [3.05, 3.63) is 41.2 Å². The quantitative estimate of drug-likeness (QED) is 0.604. The number of aromatic nitrogens is 2. The van der Waals surface area contributed by atoms with Crippen molar-refractivity contribution in [3.63, 3.8) is 0 Å². The summed E-state index contributed by atoms with van der Waals surface area (Å²) in [4.78, 5) is 19.5. The second-order valence-electron chi connectivity index (χ2n) is 7.56. The van der Waals surface area contributed by atoms with E-state index < -0.39 is 59.2 Å². The van der Waals surface area contributed by atoms with Crippen LogP contribution in [0.1, 0.15) is 29.3 Å². The lowest BCUT2D eigenvalue weighted by molar-refractivity contribution is -0.206. The Morgan fingerprint density at radius 1 is 1.22 bits per heavy atom. The highest BCUT2D eigenvalue weighted by atomic mass is 19.4. The van der Waals surface area contributed by atoms with Gasteiger partial charge in [-0.25, -0.2) is 9.78 Å². The van der Waals surface area contributed by atoms with Gasteiger partial charge in [-0.3, -0.25) is 10.3 Å². The number of anilines is 1. The largest absolute Gasteiger partial charge is 0.431 e. The number of carbonyl (C=O) groups is 1. The summed E-state index contributed by atoms with van der Waals surface area (Å²) in [6.07, 6.45) is -12.7. The van der Waals surface area contributed by atoms with Crippen molar-refractivity contribution in [3.8, 4) is 11.3 Å². The zero-order valence-corrected chi connectivity index (χ0v) is 16.1. The molecule has 4 rings (SSSR count). The molecule has 4 heterocycles. The number of rotatable bonds is 3. The predicted molar refractivity (Wildman–Crippen MR) is 97.6 cm³/mol. The fourth-order valence-electron chi connectivity index (χ4n) is 3.87. The normalized spacial score (nSPS) is 23.5. The number of aliphatic hydroxyl groups excluding tert-OH is 1. The van der Waals surface area contributed by atoms with Crippen LogP contribution in [0.15, 0.2) is 24.4 Å². The molecule has 0 saturated carbocycles. The zero-order valence-electron chi connectivity index (χ0n) is 16.1. The lowest BCUT2D eigenvalue weighted by Crippen LogP contribution is -2.35. The van der Waals surface area contributed by atoms with Gasteiger partial charge in [0, 0.05) is 23.7 Å². The zero-order chi connectivity index (χ0) is 23.3. The van der Waals surface area contributed by atoms with Crippen molar-refractivity contribution in [2.45, 2.75) is 30.3 Å². The fraction of sp³-hybridized carbons (Fsp3) is 0.421. The van der Waals surface area contributed by atoms with Gasteiger partial charge in [-0.2, -0.15) is 26.3 Å². The van der Waals surface area contributed by atoms with E-state index >= 15 is 0 Å². The maximum Gasteiger partial charge on any atom is 0.430 e. The molecule has 1 fully saturated rings. The molecule has 7 nitrogen and oxygen atoms in total. The summed E-state index contributed by atoms with van der Waals surface area (Å²) < 4.78 is 86.2. The van der Waals surface area contributed by atoms with Gasteiger partial charge >= 0.3 is 18.4 Å². The molecule has 0 bridgehead atoms.